The first-order valence-corrected chi connectivity index (χ1v) is 5.89. The Morgan fingerprint density at radius 2 is 2.00 bits per heavy atom. The first-order chi connectivity index (χ1) is 7.80. The maximum atomic E-state index is 9.08. The fraction of sp³-hybridized carbons (Fsp3) is 0.500. The Morgan fingerprint density at radius 3 is 2.50 bits per heavy atom. The molecular formula is C14H17NO. The molecule has 1 aliphatic rings. The van der Waals surface area contributed by atoms with E-state index in [1.807, 2.05) is 0 Å². The van der Waals surface area contributed by atoms with Crippen molar-refractivity contribution < 1.29 is 4.74 Å². The van der Waals surface area contributed by atoms with E-state index in [1.54, 1.807) is 0 Å². The van der Waals surface area contributed by atoms with Gasteiger partial charge in [-0.3, -0.25) is 0 Å². The van der Waals surface area contributed by atoms with Crippen LogP contribution in [0.15, 0.2) is 24.3 Å². The summed E-state index contributed by atoms with van der Waals surface area (Å²) < 4.78 is 5.47. The van der Waals surface area contributed by atoms with Crippen molar-refractivity contribution >= 4 is 0 Å². The smallest absolute Gasteiger partial charge is 0.0823 e. The van der Waals surface area contributed by atoms with Crippen LogP contribution in [-0.2, 0) is 16.8 Å². The summed E-state index contributed by atoms with van der Waals surface area (Å²) in [5, 5.41) is 9.08. The zero-order valence-corrected chi connectivity index (χ0v) is 9.70. The van der Waals surface area contributed by atoms with Crippen molar-refractivity contribution in [3.8, 4) is 6.07 Å². The lowest BCUT2D eigenvalue weighted by Crippen LogP contribution is -2.02. The molecule has 0 heterocycles. The summed E-state index contributed by atoms with van der Waals surface area (Å²) in [7, 11) is 0. The quantitative estimate of drug-likeness (QED) is 0.707. The van der Waals surface area contributed by atoms with E-state index in [9.17, 15) is 0 Å². The number of nitriles is 1. The zero-order chi connectivity index (χ0) is 11.4. The minimum atomic E-state index is -0.164. The first kappa shape index (κ1) is 11.2. The van der Waals surface area contributed by atoms with Crippen LogP contribution in [0.25, 0.3) is 0 Å². The molecule has 0 bridgehead atoms. The average molecular weight is 215 g/mol. The van der Waals surface area contributed by atoms with Gasteiger partial charge in [-0.25, -0.2) is 0 Å². The molecule has 0 spiro atoms. The summed E-state index contributed by atoms with van der Waals surface area (Å²) in [6.07, 6.45) is 3.07. The molecule has 84 valence electrons. The van der Waals surface area contributed by atoms with Gasteiger partial charge in [0.25, 0.3) is 0 Å². The lowest BCUT2D eigenvalue weighted by atomic mass is 9.97. The van der Waals surface area contributed by atoms with Crippen LogP contribution in [0.2, 0.25) is 0 Å². The summed E-state index contributed by atoms with van der Waals surface area (Å²) in [5.41, 5.74) is 2.18. The van der Waals surface area contributed by atoms with E-state index in [4.69, 9.17) is 10.00 Å². The highest BCUT2D eigenvalue weighted by Crippen LogP contribution is 2.47. The van der Waals surface area contributed by atoms with E-state index < -0.39 is 0 Å². The van der Waals surface area contributed by atoms with Crippen molar-refractivity contribution in [1.29, 1.82) is 5.26 Å². The number of nitrogens with zero attached hydrogens (tertiary/aromatic N) is 1. The van der Waals surface area contributed by atoms with E-state index in [0.29, 0.717) is 6.61 Å². The van der Waals surface area contributed by atoms with Crippen LogP contribution in [0, 0.1) is 11.3 Å². The van der Waals surface area contributed by atoms with Crippen molar-refractivity contribution in [3.05, 3.63) is 35.4 Å². The Kier molecular flexibility index (Phi) is 3.26. The maximum absolute atomic E-state index is 9.08. The molecule has 2 nitrogen and oxygen atoms in total. The van der Waals surface area contributed by atoms with E-state index in [1.165, 1.54) is 5.56 Å². The normalized spacial score (nSPS) is 16.8. The molecule has 0 amide bonds. The molecule has 0 atom stereocenters. The summed E-state index contributed by atoms with van der Waals surface area (Å²) in [5.74, 6) is 0. The minimum absolute atomic E-state index is 0.164. The Balaban J connectivity index is 1.98. The number of hydrogen-bond donors (Lipinski definition) is 0. The minimum Gasteiger partial charge on any atom is -0.377 e. The molecule has 1 aromatic carbocycles. The van der Waals surface area contributed by atoms with Crippen molar-refractivity contribution in [1.82, 2.24) is 0 Å². The standard InChI is InChI=1S/C14H17NO/c1-2-9-16-10-12-3-5-13(6-4-12)14(11-15)7-8-14/h3-6H,2,7-10H2,1H3. The van der Waals surface area contributed by atoms with Crippen LogP contribution in [0.3, 0.4) is 0 Å². The molecule has 16 heavy (non-hydrogen) atoms. The van der Waals surface area contributed by atoms with Gasteiger partial charge in [0.05, 0.1) is 18.1 Å². The van der Waals surface area contributed by atoms with Crippen LogP contribution < -0.4 is 0 Å². The summed E-state index contributed by atoms with van der Waals surface area (Å²) >= 11 is 0. The molecule has 0 aromatic heterocycles. The van der Waals surface area contributed by atoms with E-state index >= 15 is 0 Å². The molecule has 1 fully saturated rings. The fourth-order valence-electron chi connectivity index (χ4n) is 1.84. The second-order valence-electron chi connectivity index (χ2n) is 4.44. The van der Waals surface area contributed by atoms with Gasteiger partial charge in [-0.1, -0.05) is 31.2 Å². The molecule has 1 aromatic rings. The van der Waals surface area contributed by atoms with E-state index in [-0.39, 0.29) is 5.41 Å². The maximum Gasteiger partial charge on any atom is 0.0823 e. The molecule has 1 saturated carbocycles. The third-order valence-corrected chi connectivity index (χ3v) is 3.09. The average Bonchev–Trinajstić information content (AvgIpc) is 3.11. The molecular weight excluding hydrogens is 198 g/mol. The van der Waals surface area contributed by atoms with Crippen molar-refractivity contribution in [2.75, 3.05) is 6.61 Å². The fourth-order valence-corrected chi connectivity index (χ4v) is 1.84. The van der Waals surface area contributed by atoms with Crippen molar-refractivity contribution in [2.45, 2.75) is 38.2 Å². The molecule has 1 aliphatic carbocycles. The van der Waals surface area contributed by atoms with E-state index in [0.717, 1.165) is 31.4 Å². The molecule has 0 unspecified atom stereocenters. The van der Waals surface area contributed by atoms with Crippen LogP contribution in [-0.4, -0.2) is 6.61 Å². The summed E-state index contributed by atoms with van der Waals surface area (Å²) in [6, 6.07) is 10.7. The number of hydrogen-bond acceptors (Lipinski definition) is 2. The highest BCUT2D eigenvalue weighted by molar-refractivity contribution is 5.39. The van der Waals surface area contributed by atoms with Crippen LogP contribution in [0.5, 0.6) is 0 Å². The molecule has 2 heteroatoms. The predicted octanol–water partition coefficient (Wildman–Crippen LogP) is 3.17. The highest BCUT2D eigenvalue weighted by Gasteiger charge is 2.44. The van der Waals surface area contributed by atoms with Gasteiger partial charge in [-0.2, -0.15) is 5.26 Å². The Bertz CT molecular complexity index is 384. The van der Waals surface area contributed by atoms with Crippen LogP contribution >= 0.6 is 0 Å². The van der Waals surface area contributed by atoms with Gasteiger partial charge >= 0.3 is 0 Å². The van der Waals surface area contributed by atoms with Gasteiger partial charge in [0.2, 0.25) is 0 Å². The Morgan fingerprint density at radius 1 is 1.31 bits per heavy atom. The topological polar surface area (TPSA) is 33.0 Å². The molecule has 0 N–H and O–H groups in total. The third-order valence-electron chi connectivity index (χ3n) is 3.09. The largest absolute Gasteiger partial charge is 0.377 e. The highest BCUT2D eigenvalue weighted by atomic mass is 16.5. The third kappa shape index (κ3) is 2.25. The molecule has 0 radical (unpaired) electrons. The molecule has 0 saturated heterocycles. The Labute approximate surface area is 96.9 Å². The van der Waals surface area contributed by atoms with Gasteiger partial charge in [0.15, 0.2) is 0 Å². The van der Waals surface area contributed by atoms with Crippen LogP contribution in [0.4, 0.5) is 0 Å². The second-order valence-corrected chi connectivity index (χ2v) is 4.44. The predicted molar refractivity (Wildman–Crippen MR) is 62.9 cm³/mol. The lowest BCUT2D eigenvalue weighted by molar-refractivity contribution is 0.121. The second kappa shape index (κ2) is 4.67. The van der Waals surface area contributed by atoms with Gasteiger partial charge in [-0.15, -0.1) is 0 Å². The Hall–Kier alpha value is -1.33. The SMILES string of the molecule is CCCOCc1ccc(C2(C#N)CC2)cc1. The number of benzene rings is 1. The van der Waals surface area contributed by atoms with Gasteiger partial charge in [-0.05, 0) is 30.4 Å². The summed E-state index contributed by atoms with van der Waals surface area (Å²) in [4.78, 5) is 0. The van der Waals surface area contributed by atoms with Crippen molar-refractivity contribution in [3.63, 3.8) is 0 Å². The number of rotatable bonds is 5. The lowest BCUT2D eigenvalue weighted by Gasteiger charge is -2.07. The first-order valence-electron chi connectivity index (χ1n) is 5.89. The van der Waals surface area contributed by atoms with Gasteiger partial charge in [0, 0.05) is 6.61 Å². The molecule has 2 rings (SSSR count). The van der Waals surface area contributed by atoms with Crippen molar-refractivity contribution in [2.24, 2.45) is 0 Å². The van der Waals surface area contributed by atoms with E-state index in [2.05, 4.69) is 37.3 Å². The van der Waals surface area contributed by atoms with Gasteiger partial charge in [0.1, 0.15) is 0 Å². The van der Waals surface area contributed by atoms with Crippen LogP contribution in [0.1, 0.15) is 37.3 Å². The summed E-state index contributed by atoms with van der Waals surface area (Å²) in [6.45, 7) is 3.59. The zero-order valence-electron chi connectivity index (χ0n) is 9.70. The number of ether oxygens (including phenoxy) is 1. The van der Waals surface area contributed by atoms with Gasteiger partial charge < -0.3 is 4.74 Å². The molecule has 0 aliphatic heterocycles. The monoisotopic (exact) mass is 215 g/mol.